The highest BCUT2D eigenvalue weighted by Crippen LogP contribution is 2.44. The van der Waals surface area contributed by atoms with Gasteiger partial charge in [-0.05, 0) is 117 Å². The predicted molar refractivity (Wildman–Crippen MR) is 281 cm³/mol. The van der Waals surface area contributed by atoms with E-state index in [0.717, 1.165) is 150 Å². The molecule has 5 fully saturated rings. The van der Waals surface area contributed by atoms with Crippen LogP contribution >= 0.6 is 0 Å². The van der Waals surface area contributed by atoms with Crippen LogP contribution < -0.4 is 29.1 Å². The molecule has 4 aromatic carbocycles. The van der Waals surface area contributed by atoms with Crippen molar-refractivity contribution in [3.63, 3.8) is 0 Å². The maximum absolute atomic E-state index is 5.66. The molecule has 0 bridgehead atoms. The summed E-state index contributed by atoms with van der Waals surface area (Å²) in [6.07, 6.45) is 10.4. The van der Waals surface area contributed by atoms with Gasteiger partial charge in [-0.2, -0.15) is 0 Å². The van der Waals surface area contributed by atoms with E-state index in [1.54, 1.807) is 14.2 Å². The Bertz CT molecular complexity index is 2670. The number of benzene rings is 4. The van der Waals surface area contributed by atoms with Crippen molar-refractivity contribution in [1.82, 2.24) is 24.8 Å². The SMILES string of the molecule is CCCN(C)c1cccc2c(N3CCC(c4ccccc4OC)CC3)nc(C3CC3)nc12.COc1ccccc1C1CCN(c2nc(C3CC3)nc3c(N(C)CCN4CCOCC4)cccc23)CC1. The number of hydrogen-bond acceptors (Lipinski definition) is 12. The molecule has 0 N–H and O–H groups in total. The number of anilines is 4. The summed E-state index contributed by atoms with van der Waals surface area (Å²) in [5, 5.41) is 2.36. The van der Waals surface area contributed by atoms with Crippen molar-refractivity contribution in [2.24, 2.45) is 0 Å². The molecule has 12 heteroatoms. The van der Waals surface area contributed by atoms with Gasteiger partial charge in [0.25, 0.3) is 0 Å². The van der Waals surface area contributed by atoms with Crippen molar-refractivity contribution in [1.29, 1.82) is 0 Å². The Kier molecular flexibility index (Phi) is 14.6. The Hall–Kier alpha value is -5.72. The average molecular weight is 932 g/mol. The molecule has 2 aliphatic carbocycles. The second-order valence-corrected chi connectivity index (χ2v) is 20.0. The van der Waals surface area contributed by atoms with E-state index >= 15 is 0 Å². The molecule has 2 aromatic heterocycles. The monoisotopic (exact) mass is 932 g/mol. The molecule has 12 nitrogen and oxygen atoms in total. The lowest BCUT2D eigenvalue weighted by Crippen LogP contribution is -2.40. The van der Waals surface area contributed by atoms with Crippen molar-refractivity contribution < 1.29 is 14.2 Å². The molecule has 3 saturated heterocycles. The standard InChI is InChI=1S/C30H39N5O2.C27H34N4O/c1-33(16-17-34-18-20-37-21-19-34)26-8-5-7-25-28(26)31-29(23-10-11-23)32-30(25)35-14-12-22(13-15-35)24-6-3-4-9-27(24)36-2;1-4-16-30(2)23-10-7-9-22-25(23)28-26(20-12-13-20)29-27(22)31-17-14-19(15-18-31)21-8-5-6-11-24(21)32-3/h3-9,22-23H,10-21H2,1-2H3;5-11,19-20H,4,12-18H2,1-3H3. The summed E-state index contributed by atoms with van der Waals surface area (Å²) in [6, 6.07) is 30.2. The van der Waals surface area contributed by atoms with Gasteiger partial charge in [-0.15, -0.1) is 0 Å². The van der Waals surface area contributed by atoms with Crippen LogP contribution in [-0.2, 0) is 4.74 Å². The molecule has 5 heterocycles. The summed E-state index contributed by atoms with van der Waals surface area (Å²) in [4.78, 5) is 32.8. The summed E-state index contributed by atoms with van der Waals surface area (Å²) in [7, 11) is 7.92. The van der Waals surface area contributed by atoms with E-state index in [1.165, 1.54) is 59.0 Å². The maximum atomic E-state index is 5.66. The smallest absolute Gasteiger partial charge is 0.140 e. The Balaban J connectivity index is 0.000000162. The molecule has 5 aliphatic rings. The summed E-state index contributed by atoms with van der Waals surface area (Å²) in [5.41, 5.74) is 7.32. The van der Waals surface area contributed by atoms with Gasteiger partial charge in [0.2, 0.25) is 0 Å². The minimum atomic E-state index is 0.515. The van der Waals surface area contributed by atoms with E-state index in [9.17, 15) is 0 Å². The maximum Gasteiger partial charge on any atom is 0.140 e. The van der Waals surface area contributed by atoms with Crippen molar-refractivity contribution >= 4 is 44.8 Å². The van der Waals surface area contributed by atoms with Gasteiger partial charge >= 0.3 is 0 Å². The topological polar surface area (TPSA) is 95.4 Å². The van der Waals surface area contributed by atoms with E-state index < -0.39 is 0 Å². The van der Waals surface area contributed by atoms with Crippen molar-refractivity contribution in [2.75, 3.05) is 120 Å². The molecule has 364 valence electrons. The molecule has 69 heavy (non-hydrogen) atoms. The van der Waals surface area contributed by atoms with E-state index in [4.69, 9.17) is 34.1 Å². The zero-order chi connectivity index (χ0) is 47.3. The Labute approximate surface area is 410 Å². The van der Waals surface area contributed by atoms with Crippen molar-refractivity contribution in [3.8, 4) is 11.5 Å². The molecular formula is C57H73N9O3. The highest BCUT2D eigenvalue weighted by molar-refractivity contribution is 5.99. The second kappa shape index (κ2) is 21.5. The zero-order valence-corrected chi connectivity index (χ0v) is 41.8. The molecule has 11 rings (SSSR count). The highest BCUT2D eigenvalue weighted by atomic mass is 16.5. The number of ether oxygens (including phenoxy) is 3. The van der Waals surface area contributed by atoms with Gasteiger partial charge in [0, 0.05) is 95.6 Å². The van der Waals surface area contributed by atoms with Crippen LogP contribution in [-0.4, -0.2) is 125 Å². The number of aromatic nitrogens is 4. The largest absolute Gasteiger partial charge is 0.496 e. The van der Waals surface area contributed by atoms with Crippen molar-refractivity contribution in [3.05, 3.63) is 108 Å². The fourth-order valence-electron chi connectivity index (χ4n) is 10.9. The number of rotatable bonds is 15. The first kappa shape index (κ1) is 47.0. The van der Waals surface area contributed by atoms with Gasteiger partial charge in [-0.3, -0.25) is 4.90 Å². The van der Waals surface area contributed by atoms with E-state index in [1.807, 2.05) is 0 Å². The Morgan fingerprint density at radius 3 is 1.41 bits per heavy atom. The number of fused-ring (bicyclic) bond motifs is 2. The van der Waals surface area contributed by atoms with Gasteiger partial charge in [-0.1, -0.05) is 55.5 Å². The molecule has 2 saturated carbocycles. The zero-order valence-electron chi connectivity index (χ0n) is 41.8. The quantitative estimate of drug-likeness (QED) is 0.0981. The first-order valence-electron chi connectivity index (χ1n) is 26.0. The molecule has 0 radical (unpaired) electrons. The van der Waals surface area contributed by atoms with Crippen LogP contribution in [0.1, 0.15) is 111 Å². The number of morpholine rings is 1. The molecule has 0 spiro atoms. The predicted octanol–water partition coefficient (Wildman–Crippen LogP) is 10.4. The number of likely N-dealkylation sites (N-methyl/N-ethyl adjacent to an activating group) is 1. The third kappa shape index (κ3) is 10.6. The fourth-order valence-corrected chi connectivity index (χ4v) is 10.9. The lowest BCUT2D eigenvalue weighted by Gasteiger charge is -2.34. The highest BCUT2D eigenvalue weighted by Gasteiger charge is 2.33. The van der Waals surface area contributed by atoms with Gasteiger partial charge in [0.05, 0.1) is 49.8 Å². The van der Waals surface area contributed by atoms with E-state index in [-0.39, 0.29) is 0 Å². The van der Waals surface area contributed by atoms with Crippen molar-refractivity contribution in [2.45, 2.75) is 88.4 Å². The third-order valence-electron chi connectivity index (χ3n) is 15.3. The molecular weight excluding hydrogens is 859 g/mol. The fraction of sp³-hybridized carbons (Fsp3) is 0.509. The minimum absolute atomic E-state index is 0.515. The van der Waals surface area contributed by atoms with Gasteiger partial charge in [-0.25, -0.2) is 19.9 Å². The average Bonchev–Trinajstić information content (AvgIpc) is 4.36. The number of para-hydroxylation sites is 4. The Morgan fingerprint density at radius 1 is 0.522 bits per heavy atom. The summed E-state index contributed by atoms with van der Waals surface area (Å²) >= 11 is 0. The number of nitrogens with zero attached hydrogens (tertiary/aromatic N) is 9. The summed E-state index contributed by atoms with van der Waals surface area (Å²) < 4.78 is 16.8. The van der Waals surface area contributed by atoms with Gasteiger partial charge in [0.1, 0.15) is 34.8 Å². The van der Waals surface area contributed by atoms with Crippen LogP contribution in [0.5, 0.6) is 11.5 Å². The summed E-state index contributed by atoms with van der Waals surface area (Å²) in [5.74, 6) is 8.44. The van der Waals surface area contributed by atoms with Crippen LogP contribution in [0.25, 0.3) is 21.8 Å². The van der Waals surface area contributed by atoms with Gasteiger partial charge < -0.3 is 33.8 Å². The van der Waals surface area contributed by atoms with Gasteiger partial charge in [0.15, 0.2) is 0 Å². The second-order valence-electron chi connectivity index (χ2n) is 20.0. The molecule has 0 amide bonds. The third-order valence-corrected chi connectivity index (χ3v) is 15.3. The van der Waals surface area contributed by atoms with Crippen LogP contribution in [0, 0.1) is 0 Å². The molecule has 0 atom stereocenters. The number of methoxy groups -OCH3 is 2. The number of hydrogen-bond donors (Lipinski definition) is 0. The van der Waals surface area contributed by atoms with Crippen LogP contribution in [0.3, 0.4) is 0 Å². The lowest BCUT2D eigenvalue weighted by atomic mass is 9.88. The summed E-state index contributed by atoms with van der Waals surface area (Å²) in [6.45, 7) is 13.0. The minimum Gasteiger partial charge on any atom is -0.496 e. The van der Waals surface area contributed by atoms with Crippen LogP contribution in [0.4, 0.5) is 23.0 Å². The normalized spacial score (nSPS) is 18.3. The van der Waals surface area contributed by atoms with Crippen LogP contribution in [0.15, 0.2) is 84.9 Å². The van der Waals surface area contributed by atoms with E-state index in [2.05, 4.69) is 130 Å². The van der Waals surface area contributed by atoms with E-state index in [0.29, 0.717) is 23.7 Å². The molecule has 3 aliphatic heterocycles. The first-order chi connectivity index (χ1) is 33.9. The molecule has 0 unspecified atom stereocenters. The lowest BCUT2D eigenvalue weighted by molar-refractivity contribution is 0.0393. The first-order valence-corrected chi connectivity index (χ1v) is 26.0. The number of piperidine rings is 2. The molecule has 6 aromatic rings. The van der Waals surface area contributed by atoms with Crippen LogP contribution in [0.2, 0.25) is 0 Å². The Morgan fingerprint density at radius 2 is 0.971 bits per heavy atom.